The molecule has 13 heavy (non-hydrogen) atoms. The highest BCUT2D eigenvalue weighted by atomic mass is 14.9. The van der Waals surface area contributed by atoms with Crippen LogP contribution in [-0.4, -0.2) is 13.1 Å². The van der Waals surface area contributed by atoms with E-state index >= 15 is 0 Å². The normalized spacial score (nSPS) is 32.1. The standard InChI is InChI=1S/C12H25N/c1-9-7-6-8-10(9)11(13-5)12(2,3)4/h9-11,13H,6-8H2,1-5H3. The van der Waals surface area contributed by atoms with E-state index in [0.717, 1.165) is 11.8 Å². The Balaban J connectivity index is 2.66. The molecule has 78 valence electrons. The zero-order valence-electron chi connectivity index (χ0n) is 9.85. The van der Waals surface area contributed by atoms with Crippen molar-refractivity contribution in [3.8, 4) is 0 Å². The number of nitrogens with one attached hydrogen (secondary N) is 1. The molecule has 0 spiro atoms. The summed E-state index contributed by atoms with van der Waals surface area (Å²) in [5.41, 5.74) is 0.401. The fourth-order valence-corrected chi connectivity index (χ4v) is 2.96. The predicted molar refractivity (Wildman–Crippen MR) is 58.8 cm³/mol. The monoisotopic (exact) mass is 183 g/mol. The average molecular weight is 183 g/mol. The van der Waals surface area contributed by atoms with Crippen LogP contribution in [0.2, 0.25) is 0 Å². The Labute approximate surface area is 83.3 Å². The van der Waals surface area contributed by atoms with E-state index in [2.05, 4.69) is 40.1 Å². The molecule has 0 saturated heterocycles. The Morgan fingerprint density at radius 1 is 1.23 bits per heavy atom. The van der Waals surface area contributed by atoms with Crippen LogP contribution in [0, 0.1) is 17.3 Å². The molecule has 1 heteroatoms. The molecule has 1 aliphatic rings. The molecule has 1 rings (SSSR count). The zero-order chi connectivity index (χ0) is 10.1. The quantitative estimate of drug-likeness (QED) is 0.694. The van der Waals surface area contributed by atoms with Crippen molar-refractivity contribution in [2.75, 3.05) is 7.05 Å². The zero-order valence-corrected chi connectivity index (χ0v) is 9.85. The van der Waals surface area contributed by atoms with Gasteiger partial charge in [0.15, 0.2) is 0 Å². The molecule has 1 fully saturated rings. The summed E-state index contributed by atoms with van der Waals surface area (Å²) in [4.78, 5) is 0. The number of hydrogen-bond acceptors (Lipinski definition) is 1. The van der Waals surface area contributed by atoms with Crippen LogP contribution < -0.4 is 5.32 Å². The summed E-state index contributed by atoms with van der Waals surface area (Å²) in [7, 11) is 2.11. The van der Waals surface area contributed by atoms with Crippen molar-refractivity contribution < 1.29 is 0 Å². The van der Waals surface area contributed by atoms with Gasteiger partial charge in [-0.15, -0.1) is 0 Å². The fraction of sp³-hybridized carbons (Fsp3) is 1.00. The molecule has 1 aliphatic carbocycles. The van der Waals surface area contributed by atoms with E-state index in [1.54, 1.807) is 0 Å². The van der Waals surface area contributed by atoms with E-state index in [9.17, 15) is 0 Å². The predicted octanol–water partition coefficient (Wildman–Crippen LogP) is 3.06. The maximum atomic E-state index is 3.51. The molecule has 0 radical (unpaired) electrons. The highest BCUT2D eigenvalue weighted by molar-refractivity contribution is 4.90. The Morgan fingerprint density at radius 2 is 1.85 bits per heavy atom. The van der Waals surface area contributed by atoms with Crippen molar-refractivity contribution in [2.45, 2.75) is 53.0 Å². The molecule has 3 atom stereocenters. The van der Waals surface area contributed by atoms with Crippen LogP contribution >= 0.6 is 0 Å². The van der Waals surface area contributed by atoms with E-state index in [0.29, 0.717) is 11.5 Å². The van der Waals surface area contributed by atoms with Gasteiger partial charge in [0, 0.05) is 6.04 Å². The van der Waals surface area contributed by atoms with Crippen molar-refractivity contribution >= 4 is 0 Å². The minimum Gasteiger partial charge on any atom is -0.316 e. The molecule has 0 bridgehead atoms. The van der Waals surface area contributed by atoms with Crippen LogP contribution in [0.5, 0.6) is 0 Å². The smallest absolute Gasteiger partial charge is 0.0143 e. The van der Waals surface area contributed by atoms with Crippen LogP contribution in [-0.2, 0) is 0 Å². The average Bonchev–Trinajstić information content (AvgIpc) is 2.35. The highest BCUT2D eigenvalue weighted by Gasteiger charge is 2.36. The Morgan fingerprint density at radius 3 is 2.15 bits per heavy atom. The van der Waals surface area contributed by atoms with Gasteiger partial charge in [-0.2, -0.15) is 0 Å². The molecule has 0 amide bonds. The van der Waals surface area contributed by atoms with Crippen molar-refractivity contribution in [2.24, 2.45) is 17.3 Å². The Bertz CT molecular complexity index is 157. The first-order valence-corrected chi connectivity index (χ1v) is 5.64. The van der Waals surface area contributed by atoms with E-state index in [1.807, 2.05) is 0 Å². The van der Waals surface area contributed by atoms with Crippen molar-refractivity contribution in [3.05, 3.63) is 0 Å². The fourth-order valence-electron chi connectivity index (χ4n) is 2.96. The number of rotatable bonds is 2. The van der Waals surface area contributed by atoms with Gasteiger partial charge in [-0.1, -0.05) is 40.5 Å². The molecule has 0 aromatic rings. The first-order chi connectivity index (χ1) is 5.96. The minimum atomic E-state index is 0.401. The van der Waals surface area contributed by atoms with Gasteiger partial charge in [-0.25, -0.2) is 0 Å². The van der Waals surface area contributed by atoms with Crippen LogP contribution in [0.1, 0.15) is 47.0 Å². The van der Waals surface area contributed by atoms with Gasteiger partial charge >= 0.3 is 0 Å². The maximum absolute atomic E-state index is 3.51. The van der Waals surface area contributed by atoms with Crippen molar-refractivity contribution in [3.63, 3.8) is 0 Å². The molecular weight excluding hydrogens is 158 g/mol. The second-order valence-electron chi connectivity index (χ2n) is 5.70. The second-order valence-corrected chi connectivity index (χ2v) is 5.70. The summed E-state index contributed by atoms with van der Waals surface area (Å²) in [6, 6.07) is 0.685. The largest absolute Gasteiger partial charge is 0.316 e. The van der Waals surface area contributed by atoms with Gasteiger partial charge in [0.05, 0.1) is 0 Å². The van der Waals surface area contributed by atoms with Crippen molar-refractivity contribution in [1.29, 1.82) is 0 Å². The molecule has 1 saturated carbocycles. The molecule has 0 aliphatic heterocycles. The van der Waals surface area contributed by atoms with E-state index in [1.165, 1.54) is 19.3 Å². The number of hydrogen-bond donors (Lipinski definition) is 1. The van der Waals surface area contributed by atoms with Gasteiger partial charge in [0.2, 0.25) is 0 Å². The van der Waals surface area contributed by atoms with Gasteiger partial charge in [0.1, 0.15) is 0 Å². The minimum absolute atomic E-state index is 0.401. The summed E-state index contributed by atoms with van der Waals surface area (Å²) in [6.07, 6.45) is 4.28. The summed E-state index contributed by atoms with van der Waals surface area (Å²) < 4.78 is 0. The van der Waals surface area contributed by atoms with E-state index in [-0.39, 0.29) is 0 Å². The molecule has 1 nitrogen and oxygen atoms in total. The van der Waals surface area contributed by atoms with Crippen LogP contribution in [0.4, 0.5) is 0 Å². The third-order valence-corrected chi connectivity index (χ3v) is 3.60. The second kappa shape index (κ2) is 4.00. The molecule has 1 N–H and O–H groups in total. The van der Waals surface area contributed by atoms with Crippen LogP contribution in [0.3, 0.4) is 0 Å². The lowest BCUT2D eigenvalue weighted by Gasteiger charge is -2.37. The highest BCUT2D eigenvalue weighted by Crippen LogP contribution is 2.39. The third kappa shape index (κ3) is 2.46. The Hall–Kier alpha value is -0.0400. The first-order valence-electron chi connectivity index (χ1n) is 5.64. The van der Waals surface area contributed by atoms with Crippen molar-refractivity contribution in [1.82, 2.24) is 5.32 Å². The lowest BCUT2D eigenvalue weighted by atomic mass is 9.75. The lowest BCUT2D eigenvalue weighted by Crippen LogP contribution is -2.44. The molecule has 0 aromatic heterocycles. The van der Waals surface area contributed by atoms with Gasteiger partial charge in [0.25, 0.3) is 0 Å². The lowest BCUT2D eigenvalue weighted by molar-refractivity contribution is 0.176. The topological polar surface area (TPSA) is 12.0 Å². The van der Waals surface area contributed by atoms with Crippen LogP contribution in [0.25, 0.3) is 0 Å². The SMILES string of the molecule is CNC(C1CCCC1C)C(C)(C)C. The van der Waals surface area contributed by atoms with E-state index < -0.39 is 0 Å². The van der Waals surface area contributed by atoms with Gasteiger partial charge < -0.3 is 5.32 Å². The molecule has 0 heterocycles. The molecule has 0 aromatic carbocycles. The third-order valence-electron chi connectivity index (χ3n) is 3.60. The molecular formula is C12H25N. The van der Waals surface area contributed by atoms with Crippen LogP contribution in [0.15, 0.2) is 0 Å². The van der Waals surface area contributed by atoms with Gasteiger partial charge in [-0.05, 0) is 30.7 Å². The first kappa shape index (κ1) is 11.0. The molecule has 3 unspecified atom stereocenters. The van der Waals surface area contributed by atoms with Gasteiger partial charge in [-0.3, -0.25) is 0 Å². The summed E-state index contributed by atoms with van der Waals surface area (Å²) >= 11 is 0. The summed E-state index contributed by atoms with van der Waals surface area (Å²) in [6.45, 7) is 9.45. The summed E-state index contributed by atoms with van der Waals surface area (Å²) in [5.74, 6) is 1.81. The summed E-state index contributed by atoms with van der Waals surface area (Å²) in [5, 5.41) is 3.51. The maximum Gasteiger partial charge on any atom is 0.0143 e. The Kier molecular flexibility index (Phi) is 3.39. The van der Waals surface area contributed by atoms with E-state index in [4.69, 9.17) is 0 Å².